The van der Waals surface area contributed by atoms with Gasteiger partial charge in [0.2, 0.25) is 0 Å². The molecule has 2 aliphatic rings. The van der Waals surface area contributed by atoms with Crippen LogP contribution < -0.4 is 9.47 Å². The van der Waals surface area contributed by atoms with Crippen molar-refractivity contribution >= 4 is 6.08 Å². The highest BCUT2D eigenvalue weighted by atomic mass is 16.5. The Morgan fingerprint density at radius 2 is 1.96 bits per heavy atom. The van der Waals surface area contributed by atoms with Gasteiger partial charge in [0.25, 0.3) is 0 Å². The molecule has 24 heavy (non-hydrogen) atoms. The molecule has 0 radical (unpaired) electrons. The lowest BCUT2D eigenvalue weighted by molar-refractivity contribution is 0.148. The molecule has 0 fully saturated rings. The number of phenolic OH excluding ortho intramolecular Hbond substituents is 2. The van der Waals surface area contributed by atoms with E-state index in [9.17, 15) is 10.2 Å². The summed E-state index contributed by atoms with van der Waals surface area (Å²) in [6.45, 7) is 3.91. The molecule has 2 aromatic carbocycles. The molecule has 0 bridgehead atoms. The number of phenols is 2. The van der Waals surface area contributed by atoms with Gasteiger partial charge in [-0.2, -0.15) is 0 Å². The first-order valence-corrected chi connectivity index (χ1v) is 8.16. The molecular weight excluding hydrogens is 304 g/mol. The molecule has 2 aromatic rings. The highest BCUT2D eigenvalue weighted by Crippen LogP contribution is 2.45. The van der Waals surface area contributed by atoms with Crippen LogP contribution in [0.1, 0.15) is 43.1 Å². The monoisotopic (exact) mass is 324 g/mol. The Morgan fingerprint density at radius 1 is 1.12 bits per heavy atom. The van der Waals surface area contributed by atoms with Crippen molar-refractivity contribution < 1.29 is 19.7 Å². The van der Waals surface area contributed by atoms with Crippen molar-refractivity contribution in [3.8, 4) is 23.0 Å². The van der Waals surface area contributed by atoms with Gasteiger partial charge in [-0.25, -0.2) is 0 Å². The van der Waals surface area contributed by atoms with Crippen LogP contribution in [0, 0.1) is 0 Å². The first-order valence-electron chi connectivity index (χ1n) is 8.16. The average Bonchev–Trinajstić information content (AvgIpc) is 2.54. The van der Waals surface area contributed by atoms with Crippen molar-refractivity contribution in [3.63, 3.8) is 0 Å². The minimum atomic E-state index is -0.449. The lowest BCUT2D eigenvalue weighted by Crippen LogP contribution is -2.28. The van der Waals surface area contributed by atoms with Crippen LogP contribution in [0.15, 0.2) is 36.4 Å². The van der Waals surface area contributed by atoms with Crippen LogP contribution in [-0.4, -0.2) is 15.8 Å². The maximum absolute atomic E-state index is 10.2. The lowest BCUT2D eigenvalue weighted by Gasteiger charge is -2.32. The number of fused-ring (bicyclic) bond motifs is 2. The summed E-state index contributed by atoms with van der Waals surface area (Å²) >= 11 is 0. The smallest absolute Gasteiger partial charge is 0.169 e. The van der Waals surface area contributed by atoms with Gasteiger partial charge in [-0.15, -0.1) is 0 Å². The van der Waals surface area contributed by atoms with Crippen LogP contribution in [0.4, 0.5) is 0 Å². The number of rotatable bonds is 1. The summed E-state index contributed by atoms with van der Waals surface area (Å²) < 4.78 is 12.1. The van der Waals surface area contributed by atoms with Gasteiger partial charge in [0.15, 0.2) is 11.5 Å². The number of ether oxygens (including phenoxy) is 2. The Balaban J connectivity index is 1.74. The van der Waals surface area contributed by atoms with Gasteiger partial charge in [0.05, 0.1) is 0 Å². The van der Waals surface area contributed by atoms with Crippen molar-refractivity contribution in [2.45, 2.75) is 38.4 Å². The first kappa shape index (κ1) is 14.9. The van der Waals surface area contributed by atoms with Gasteiger partial charge in [0.1, 0.15) is 23.2 Å². The van der Waals surface area contributed by atoms with E-state index >= 15 is 0 Å². The molecule has 4 nitrogen and oxygen atoms in total. The van der Waals surface area contributed by atoms with Crippen LogP contribution in [0.5, 0.6) is 23.0 Å². The summed E-state index contributed by atoms with van der Waals surface area (Å²) in [5, 5.41) is 19.9. The summed E-state index contributed by atoms with van der Waals surface area (Å²) in [6.07, 6.45) is 5.57. The van der Waals surface area contributed by atoms with E-state index in [1.807, 2.05) is 38.1 Å². The summed E-state index contributed by atoms with van der Waals surface area (Å²) in [7, 11) is 0. The van der Waals surface area contributed by atoms with Crippen LogP contribution in [0.25, 0.3) is 6.08 Å². The standard InChI is InChI=1S/C20H20O4/c1-20(2)10-9-15-14(6-7-16(22)19(15)24-20)17-8-4-12-3-5-13(21)11-18(12)23-17/h3,5-7,9-11,17,21-22H,4,8H2,1-2H3/t17-/m0/s1. The minimum absolute atomic E-state index is 0.136. The van der Waals surface area contributed by atoms with Gasteiger partial charge < -0.3 is 19.7 Å². The second kappa shape index (κ2) is 5.20. The third-order valence-electron chi connectivity index (χ3n) is 4.57. The van der Waals surface area contributed by atoms with Crippen LogP contribution in [0.3, 0.4) is 0 Å². The van der Waals surface area contributed by atoms with Crippen molar-refractivity contribution in [1.82, 2.24) is 0 Å². The predicted octanol–water partition coefficient (Wildman–Crippen LogP) is 4.35. The Hall–Kier alpha value is -2.62. The molecule has 0 saturated heterocycles. The predicted molar refractivity (Wildman–Crippen MR) is 91.6 cm³/mol. The first-order chi connectivity index (χ1) is 11.4. The third kappa shape index (κ3) is 2.48. The van der Waals surface area contributed by atoms with E-state index < -0.39 is 5.60 Å². The lowest BCUT2D eigenvalue weighted by atomic mass is 9.91. The van der Waals surface area contributed by atoms with E-state index in [1.54, 1.807) is 18.2 Å². The van der Waals surface area contributed by atoms with E-state index in [1.165, 1.54) is 0 Å². The van der Waals surface area contributed by atoms with Crippen molar-refractivity contribution in [3.05, 3.63) is 53.1 Å². The zero-order valence-electron chi connectivity index (χ0n) is 13.7. The third-order valence-corrected chi connectivity index (χ3v) is 4.57. The van der Waals surface area contributed by atoms with Crippen LogP contribution in [-0.2, 0) is 6.42 Å². The molecule has 2 aliphatic heterocycles. The highest BCUT2D eigenvalue weighted by molar-refractivity contribution is 5.69. The van der Waals surface area contributed by atoms with Crippen LogP contribution >= 0.6 is 0 Å². The van der Waals surface area contributed by atoms with Crippen LogP contribution in [0.2, 0.25) is 0 Å². The van der Waals surface area contributed by atoms with Crippen molar-refractivity contribution in [2.24, 2.45) is 0 Å². The average molecular weight is 324 g/mol. The van der Waals surface area contributed by atoms with Gasteiger partial charge >= 0.3 is 0 Å². The topological polar surface area (TPSA) is 58.9 Å². The number of benzene rings is 2. The molecule has 0 unspecified atom stereocenters. The summed E-state index contributed by atoms with van der Waals surface area (Å²) in [4.78, 5) is 0. The molecule has 4 rings (SSSR count). The Bertz CT molecular complexity index is 836. The van der Waals surface area contributed by atoms with E-state index in [2.05, 4.69) is 0 Å². The second-order valence-corrected chi connectivity index (χ2v) is 6.89. The zero-order chi connectivity index (χ0) is 16.9. The quantitative estimate of drug-likeness (QED) is 0.819. The SMILES string of the molecule is CC1(C)C=Cc2c([C@@H]3CCc4ccc(O)cc4O3)ccc(O)c2O1. The molecule has 0 spiro atoms. The highest BCUT2D eigenvalue weighted by Gasteiger charge is 2.30. The maximum atomic E-state index is 10.2. The summed E-state index contributed by atoms with van der Waals surface area (Å²) in [5.41, 5.74) is 2.51. The zero-order valence-corrected chi connectivity index (χ0v) is 13.7. The van der Waals surface area contributed by atoms with Gasteiger partial charge in [-0.05, 0) is 50.5 Å². The summed E-state index contributed by atoms with van der Waals surface area (Å²) in [6, 6.07) is 8.79. The van der Waals surface area contributed by atoms with Gasteiger partial charge in [-0.1, -0.05) is 18.2 Å². The normalized spacial score (nSPS) is 20.5. The molecule has 0 amide bonds. The van der Waals surface area contributed by atoms with E-state index in [4.69, 9.17) is 9.47 Å². The van der Waals surface area contributed by atoms with E-state index in [0.29, 0.717) is 11.5 Å². The molecule has 2 heterocycles. The minimum Gasteiger partial charge on any atom is -0.508 e. The van der Waals surface area contributed by atoms with Gasteiger partial charge in [-0.3, -0.25) is 0 Å². The number of hydrogen-bond donors (Lipinski definition) is 2. The number of aryl methyl sites for hydroxylation is 1. The molecule has 2 N–H and O–H groups in total. The molecule has 0 aromatic heterocycles. The molecule has 0 aliphatic carbocycles. The molecular formula is C20H20O4. The summed E-state index contributed by atoms with van der Waals surface area (Å²) in [5.74, 6) is 1.56. The Kier molecular flexibility index (Phi) is 3.23. The molecule has 1 atom stereocenters. The van der Waals surface area contributed by atoms with Gasteiger partial charge in [0, 0.05) is 17.2 Å². The van der Waals surface area contributed by atoms with E-state index in [0.717, 1.165) is 29.5 Å². The molecule has 124 valence electrons. The maximum Gasteiger partial charge on any atom is 0.169 e. The second-order valence-electron chi connectivity index (χ2n) is 6.89. The Morgan fingerprint density at radius 3 is 2.79 bits per heavy atom. The fraction of sp³-hybridized carbons (Fsp3) is 0.300. The number of hydrogen-bond acceptors (Lipinski definition) is 4. The van der Waals surface area contributed by atoms with E-state index in [-0.39, 0.29) is 17.6 Å². The fourth-order valence-electron chi connectivity index (χ4n) is 3.32. The number of aromatic hydroxyl groups is 2. The largest absolute Gasteiger partial charge is 0.508 e. The Labute approximate surface area is 141 Å². The van der Waals surface area contributed by atoms with Crippen molar-refractivity contribution in [1.29, 1.82) is 0 Å². The fourth-order valence-corrected chi connectivity index (χ4v) is 3.32. The molecule has 0 saturated carbocycles. The van der Waals surface area contributed by atoms with Crippen molar-refractivity contribution in [2.75, 3.05) is 0 Å². The molecule has 4 heteroatoms.